The van der Waals surface area contributed by atoms with Crippen LogP contribution in [-0.4, -0.2) is 4.57 Å². The zero-order chi connectivity index (χ0) is 33.0. The summed E-state index contributed by atoms with van der Waals surface area (Å²) in [5.74, 6) is 0. The molecule has 10 aromatic rings. The number of hydrogen-bond donors (Lipinski definition) is 0. The van der Waals surface area contributed by atoms with Crippen molar-refractivity contribution >= 4 is 71.2 Å². The maximum atomic E-state index is 2.45. The molecule has 0 atom stereocenters. The predicted molar refractivity (Wildman–Crippen MR) is 213 cm³/mol. The molecule has 10 rings (SSSR count). The maximum absolute atomic E-state index is 2.45. The Morgan fingerprint density at radius 1 is 0.340 bits per heavy atom. The van der Waals surface area contributed by atoms with Gasteiger partial charge in [-0.2, -0.15) is 0 Å². The first-order valence-electron chi connectivity index (χ1n) is 17.2. The van der Waals surface area contributed by atoms with E-state index in [4.69, 9.17) is 0 Å². The van der Waals surface area contributed by atoms with E-state index in [1.54, 1.807) is 0 Å². The van der Waals surface area contributed by atoms with E-state index >= 15 is 0 Å². The summed E-state index contributed by atoms with van der Waals surface area (Å²) in [5, 5.41) is 10.0. The molecule has 0 aliphatic heterocycles. The molecule has 0 saturated heterocycles. The van der Waals surface area contributed by atoms with Gasteiger partial charge in [-0.1, -0.05) is 140 Å². The van der Waals surface area contributed by atoms with Crippen LogP contribution in [0.15, 0.2) is 194 Å². The van der Waals surface area contributed by atoms with Crippen LogP contribution >= 0.6 is 0 Å². The molecule has 0 fully saturated rings. The molecule has 1 aromatic heterocycles. The number of hydrogen-bond acceptors (Lipinski definition) is 1. The average molecular weight is 637 g/mol. The molecule has 0 spiro atoms. The Bertz CT molecular complexity index is 2870. The number of para-hydroxylation sites is 2. The van der Waals surface area contributed by atoms with E-state index in [9.17, 15) is 0 Å². The van der Waals surface area contributed by atoms with Crippen LogP contribution in [0.5, 0.6) is 0 Å². The Hall–Kier alpha value is -6.64. The number of rotatable bonds is 5. The highest BCUT2D eigenvalue weighted by atomic mass is 15.1. The van der Waals surface area contributed by atoms with Crippen molar-refractivity contribution < 1.29 is 0 Å². The summed E-state index contributed by atoms with van der Waals surface area (Å²) in [4.78, 5) is 2.45. The number of nitrogens with zero attached hydrogens (tertiary/aromatic N) is 2. The molecule has 0 amide bonds. The van der Waals surface area contributed by atoms with Crippen molar-refractivity contribution in [2.45, 2.75) is 0 Å². The van der Waals surface area contributed by atoms with Gasteiger partial charge in [0, 0.05) is 27.8 Å². The van der Waals surface area contributed by atoms with Crippen LogP contribution in [-0.2, 0) is 0 Å². The number of benzene rings is 9. The number of aromatic nitrogens is 1. The lowest BCUT2D eigenvalue weighted by Gasteiger charge is -2.27. The van der Waals surface area contributed by atoms with Crippen LogP contribution in [0.2, 0.25) is 0 Å². The Labute approximate surface area is 290 Å². The summed E-state index contributed by atoms with van der Waals surface area (Å²) < 4.78 is 2.39. The molecule has 0 aliphatic carbocycles. The first-order valence-corrected chi connectivity index (χ1v) is 17.2. The van der Waals surface area contributed by atoms with Crippen molar-refractivity contribution in [3.8, 4) is 16.8 Å². The minimum absolute atomic E-state index is 1.11. The molecule has 50 heavy (non-hydrogen) atoms. The van der Waals surface area contributed by atoms with Crippen LogP contribution in [0.1, 0.15) is 0 Å². The highest BCUT2D eigenvalue weighted by molar-refractivity contribution is 6.19. The van der Waals surface area contributed by atoms with Gasteiger partial charge < -0.3 is 9.47 Å². The summed E-state index contributed by atoms with van der Waals surface area (Å²) in [6.07, 6.45) is 0. The van der Waals surface area contributed by atoms with Crippen molar-refractivity contribution in [2.24, 2.45) is 0 Å². The molecular weight excluding hydrogens is 605 g/mol. The van der Waals surface area contributed by atoms with E-state index in [0.29, 0.717) is 0 Å². The summed E-state index contributed by atoms with van der Waals surface area (Å²) in [6, 6.07) is 70.5. The standard InChI is InChI=1S/C48H32N2/c1-3-13-33(14-4-1)36-16-11-19-38(31-36)49(39-28-25-35-27-29-41-40-20-8-7-15-34(40)26-30-42(41)44(35)32-39)46-23-12-24-47-48(46)43-21-9-10-22-45(43)50(47)37-17-5-2-6-18-37/h1-32H. The van der Waals surface area contributed by atoms with Crippen LogP contribution in [0.25, 0.3) is 70.9 Å². The van der Waals surface area contributed by atoms with Gasteiger partial charge in [0.05, 0.1) is 16.7 Å². The largest absolute Gasteiger partial charge is 0.310 e. The van der Waals surface area contributed by atoms with Gasteiger partial charge in [0.25, 0.3) is 0 Å². The zero-order valence-corrected chi connectivity index (χ0v) is 27.4. The van der Waals surface area contributed by atoms with Crippen molar-refractivity contribution in [1.82, 2.24) is 4.57 Å². The molecule has 0 radical (unpaired) electrons. The van der Waals surface area contributed by atoms with E-state index in [-0.39, 0.29) is 0 Å². The fourth-order valence-electron chi connectivity index (χ4n) is 7.87. The van der Waals surface area contributed by atoms with Gasteiger partial charge in [-0.25, -0.2) is 0 Å². The monoisotopic (exact) mass is 636 g/mol. The lowest BCUT2D eigenvalue weighted by Crippen LogP contribution is -2.10. The molecule has 0 aliphatic rings. The Kier molecular flexibility index (Phi) is 6.53. The van der Waals surface area contributed by atoms with E-state index in [1.165, 1.54) is 65.3 Å². The second-order valence-corrected chi connectivity index (χ2v) is 13.0. The van der Waals surface area contributed by atoms with Crippen molar-refractivity contribution in [1.29, 1.82) is 0 Å². The van der Waals surface area contributed by atoms with Gasteiger partial charge in [0.2, 0.25) is 0 Å². The molecule has 234 valence electrons. The smallest absolute Gasteiger partial charge is 0.0562 e. The topological polar surface area (TPSA) is 8.17 Å². The van der Waals surface area contributed by atoms with Crippen molar-refractivity contribution in [2.75, 3.05) is 4.90 Å². The fourth-order valence-corrected chi connectivity index (χ4v) is 7.87. The lowest BCUT2D eigenvalue weighted by atomic mass is 9.96. The normalized spacial score (nSPS) is 11.6. The summed E-state index contributed by atoms with van der Waals surface area (Å²) in [7, 11) is 0. The third-order valence-corrected chi connectivity index (χ3v) is 10.1. The first-order chi connectivity index (χ1) is 24.8. The number of anilines is 3. The molecule has 2 heteroatoms. The zero-order valence-electron chi connectivity index (χ0n) is 27.4. The van der Waals surface area contributed by atoms with E-state index in [0.717, 1.165) is 22.7 Å². The van der Waals surface area contributed by atoms with Crippen LogP contribution < -0.4 is 4.90 Å². The van der Waals surface area contributed by atoms with Crippen LogP contribution in [0.3, 0.4) is 0 Å². The summed E-state index contributed by atoms with van der Waals surface area (Å²) >= 11 is 0. The second-order valence-electron chi connectivity index (χ2n) is 13.0. The van der Waals surface area contributed by atoms with Gasteiger partial charge in [0.1, 0.15) is 0 Å². The molecule has 0 saturated carbocycles. The molecule has 0 N–H and O–H groups in total. The molecule has 0 unspecified atom stereocenters. The SMILES string of the molecule is c1ccc(-c2cccc(N(c3ccc4ccc5c6ccccc6ccc5c4c3)c3cccc4c3c3ccccc3n4-c3ccccc3)c2)cc1. The van der Waals surface area contributed by atoms with Gasteiger partial charge >= 0.3 is 0 Å². The van der Waals surface area contributed by atoms with Gasteiger partial charge in [-0.05, 0) is 98.0 Å². The van der Waals surface area contributed by atoms with Crippen molar-refractivity contribution in [3.05, 3.63) is 194 Å². The quantitative estimate of drug-likeness (QED) is 0.171. The van der Waals surface area contributed by atoms with Crippen LogP contribution in [0.4, 0.5) is 17.1 Å². The Morgan fingerprint density at radius 3 is 1.78 bits per heavy atom. The van der Waals surface area contributed by atoms with E-state index < -0.39 is 0 Å². The highest BCUT2D eigenvalue weighted by Crippen LogP contribution is 2.45. The van der Waals surface area contributed by atoms with E-state index in [2.05, 4.69) is 204 Å². The third-order valence-electron chi connectivity index (χ3n) is 10.1. The highest BCUT2D eigenvalue weighted by Gasteiger charge is 2.22. The third kappa shape index (κ3) is 4.50. The molecule has 1 heterocycles. The lowest BCUT2D eigenvalue weighted by molar-refractivity contribution is 1.18. The Balaban J connectivity index is 1.28. The minimum atomic E-state index is 1.11. The molecular formula is C48H32N2. The van der Waals surface area contributed by atoms with Gasteiger partial charge in [-0.15, -0.1) is 0 Å². The van der Waals surface area contributed by atoms with Crippen molar-refractivity contribution in [3.63, 3.8) is 0 Å². The van der Waals surface area contributed by atoms with E-state index in [1.807, 2.05) is 0 Å². The Morgan fingerprint density at radius 2 is 0.940 bits per heavy atom. The first kappa shape index (κ1) is 28.4. The minimum Gasteiger partial charge on any atom is -0.310 e. The molecule has 0 bridgehead atoms. The maximum Gasteiger partial charge on any atom is 0.0562 e. The summed E-state index contributed by atoms with van der Waals surface area (Å²) in [6.45, 7) is 0. The average Bonchev–Trinajstić information content (AvgIpc) is 3.53. The summed E-state index contributed by atoms with van der Waals surface area (Å²) in [5.41, 5.74) is 9.27. The second kappa shape index (κ2) is 11.5. The fraction of sp³-hybridized carbons (Fsp3) is 0. The van der Waals surface area contributed by atoms with Gasteiger partial charge in [-0.3, -0.25) is 0 Å². The van der Waals surface area contributed by atoms with Crippen LogP contribution in [0, 0.1) is 0 Å². The molecule has 2 nitrogen and oxygen atoms in total. The molecule has 9 aromatic carbocycles. The van der Waals surface area contributed by atoms with Gasteiger partial charge in [0.15, 0.2) is 0 Å². The number of fused-ring (bicyclic) bond motifs is 8. The predicted octanol–water partition coefficient (Wildman–Crippen LogP) is 13.4.